The average Bonchev–Trinajstić information content (AvgIpc) is 3.17. The molecule has 1 saturated heterocycles. The zero-order valence-corrected chi connectivity index (χ0v) is 12.2. The maximum Gasteiger partial charge on any atom is 0.289 e. The summed E-state index contributed by atoms with van der Waals surface area (Å²) in [4.78, 5) is 14.2. The Morgan fingerprint density at radius 3 is 2.86 bits per heavy atom. The Hall–Kier alpha value is -2.27. The van der Waals surface area contributed by atoms with Gasteiger partial charge < -0.3 is 19.5 Å². The molecule has 5 heteroatoms. The van der Waals surface area contributed by atoms with Gasteiger partial charge in [0.15, 0.2) is 5.76 Å². The summed E-state index contributed by atoms with van der Waals surface area (Å²) in [6.07, 6.45) is 2.79. The second-order valence-corrected chi connectivity index (χ2v) is 5.76. The van der Waals surface area contributed by atoms with Crippen LogP contribution in [0, 0.1) is 0 Å². The van der Waals surface area contributed by atoms with E-state index in [0.29, 0.717) is 25.3 Å². The molecule has 1 aliphatic rings. The zero-order chi connectivity index (χ0) is 15.6. The van der Waals surface area contributed by atoms with Crippen molar-refractivity contribution in [2.75, 3.05) is 19.7 Å². The first kappa shape index (κ1) is 14.7. The third-order valence-corrected chi connectivity index (χ3v) is 4.42. The molecule has 1 aromatic heterocycles. The molecule has 0 radical (unpaired) electrons. The fraction of sp³-hybridized carbons (Fsp3) is 0.353. The van der Waals surface area contributed by atoms with Crippen molar-refractivity contribution in [3.05, 3.63) is 54.0 Å². The van der Waals surface area contributed by atoms with Crippen LogP contribution in [-0.2, 0) is 5.41 Å². The maximum atomic E-state index is 12.4. The molecule has 1 aliphatic heterocycles. The van der Waals surface area contributed by atoms with Crippen LogP contribution in [0.2, 0.25) is 0 Å². The number of hydrogen-bond acceptors (Lipinski definition) is 4. The molecule has 2 aromatic rings. The van der Waals surface area contributed by atoms with Crippen LogP contribution in [0.5, 0.6) is 5.75 Å². The number of nitrogens with zero attached hydrogens (tertiary/aromatic N) is 1. The predicted molar refractivity (Wildman–Crippen MR) is 80.7 cm³/mol. The number of benzene rings is 1. The lowest BCUT2D eigenvalue weighted by Gasteiger charge is -2.29. The monoisotopic (exact) mass is 301 g/mol. The van der Waals surface area contributed by atoms with E-state index in [1.165, 1.54) is 6.26 Å². The summed E-state index contributed by atoms with van der Waals surface area (Å²) in [5, 5.41) is 19.2. The zero-order valence-electron chi connectivity index (χ0n) is 12.2. The van der Waals surface area contributed by atoms with Crippen LogP contribution in [-0.4, -0.2) is 40.7 Å². The molecule has 2 N–H and O–H groups in total. The lowest BCUT2D eigenvalue weighted by Crippen LogP contribution is -2.35. The number of aromatic hydroxyl groups is 1. The smallest absolute Gasteiger partial charge is 0.289 e. The van der Waals surface area contributed by atoms with Gasteiger partial charge in [-0.05, 0) is 42.7 Å². The summed E-state index contributed by atoms with van der Waals surface area (Å²) < 4.78 is 5.18. The van der Waals surface area contributed by atoms with Gasteiger partial charge in [0.2, 0.25) is 0 Å². The fourth-order valence-corrected chi connectivity index (χ4v) is 3.24. The van der Waals surface area contributed by atoms with E-state index >= 15 is 0 Å². The molecule has 0 spiro atoms. The molecule has 1 atom stereocenters. The third kappa shape index (κ3) is 2.60. The Bertz CT molecular complexity index is 652. The molecule has 3 rings (SSSR count). The lowest BCUT2D eigenvalue weighted by atomic mass is 9.77. The molecule has 1 unspecified atom stereocenters. The van der Waals surface area contributed by atoms with E-state index in [9.17, 15) is 15.0 Å². The van der Waals surface area contributed by atoms with Crippen molar-refractivity contribution in [2.24, 2.45) is 0 Å². The number of rotatable bonds is 4. The topological polar surface area (TPSA) is 73.9 Å². The Balaban J connectivity index is 1.86. The van der Waals surface area contributed by atoms with E-state index in [1.807, 2.05) is 6.07 Å². The molecule has 2 heterocycles. The fourth-order valence-electron chi connectivity index (χ4n) is 3.24. The number of phenols is 1. The van der Waals surface area contributed by atoms with Gasteiger partial charge in [-0.25, -0.2) is 0 Å². The Morgan fingerprint density at radius 1 is 1.32 bits per heavy atom. The molecule has 0 bridgehead atoms. The third-order valence-electron chi connectivity index (χ3n) is 4.42. The summed E-state index contributed by atoms with van der Waals surface area (Å²) in [6.45, 7) is 1.16. The van der Waals surface area contributed by atoms with E-state index < -0.39 is 0 Å². The van der Waals surface area contributed by atoms with E-state index in [4.69, 9.17) is 4.42 Å². The Kier molecular flexibility index (Phi) is 3.90. The standard InChI is InChI=1S/C17H19NO4/c19-9-7-17(13-3-1-4-14(20)11-13)6-8-18(12-17)16(21)15-5-2-10-22-15/h1-5,10-11,19-20H,6-9,12H2. The second kappa shape index (κ2) is 5.85. The molecule has 1 aromatic carbocycles. The van der Waals surface area contributed by atoms with Crippen molar-refractivity contribution >= 4 is 5.91 Å². The highest BCUT2D eigenvalue weighted by atomic mass is 16.3. The highest BCUT2D eigenvalue weighted by Crippen LogP contribution is 2.39. The number of furan rings is 1. The normalized spacial score (nSPS) is 21.2. The van der Waals surface area contributed by atoms with Crippen LogP contribution < -0.4 is 0 Å². The number of carbonyl (C=O) groups excluding carboxylic acids is 1. The van der Waals surface area contributed by atoms with Crippen LogP contribution in [0.25, 0.3) is 0 Å². The van der Waals surface area contributed by atoms with Crippen LogP contribution >= 0.6 is 0 Å². The lowest BCUT2D eigenvalue weighted by molar-refractivity contribution is 0.0748. The molecule has 0 saturated carbocycles. The number of amides is 1. The molecule has 1 fully saturated rings. The quantitative estimate of drug-likeness (QED) is 0.907. The molecule has 1 amide bonds. The second-order valence-electron chi connectivity index (χ2n) is 5.76. The highest BCUT2D eigenvalue weighted by Gasteiger charge is 2.41. The summed E-state index contributed by atoms with van der Waals surface area (Å²) >= 11 is 0. The van der Waals surface area contributed by atoms with E-state index in [-0.39, 0.29) is 23.7 Å². The predicted octanol–water partition coefficient (Wildman–Crippen LogP) is 2.15. The Labute approximate surface area is 128 Å². The van der Waals surface area contributed by atoms with Crippen molar-refractivity contribution in [1.82, 2.24) is 4.90 Å². The number of carbonyl (C=O) groups is 1. The minimum Gasteiger partial charge on any atom is -0.508 e. The van der Waals surface area contributed by atoms with Gasteiger partial charge in [-0.2, -0.15) is 0 Å². The summed E-state index contributed by atoms with van der Waals surface area (Å²) in [6, 6.07) is 10.4. The van der Waals surface area contributed by atoms with Crippen LogP contribution in [0.4, 0.5) is 0 Å². The van der Waals surface area contributed by atoms with Gasteiger partial charge in [-0.3, -0.25) is 4.79 Å². The van der Waals surface area contributed by atoms with Crippen molar-refractivity contribution in [1.29, 1.82) is 0 Å². The van der Waals surface area contributed by atoms with Crippen molar-refractivity contribution < 1.29 is 19.4 Å². The summed E-state index contributed by atoms with van der Waals surface area (Å²) in [7, 11) is 0. The summed E-state index contributed by atoms with van der Waals surface area (Å²) in [5.41, 5.74) is 0.631. The van der Waals surface area contributed by atoms with Gasteiger partial charge in [0.1, 0.15) is 5.75 Å². The van der Waals surface area contributed by atoms with Gasteiger partial charge in [0, 0.05) is 25.1 Å². The van der Waals surface area contributed by atoms with E-state index in [1.54, 1.807) is 35.2 Å². The Morgan fingerprint density at radius 2 is 2.18 bits per heavy atom. The number of aliphatic hydroxyl groups is 1. The molecule has 22 heavy (non-hydrogen) atoms. The minimum absolute atomic E-state index is 0.0401. The first-order chi connectivity index (χ1) is 10.6. The molecule has 5 nitrogen and oxygen atoms in total. The van der Waals surface area contributed by atoms with Crippen molar-refractivity contribution in [3.8, 4) is 5.75 Å². The number of phenolic OH excluding ortho intramolecular Hbond substituents is 1. The van der Waals surface area contributed by atoms with Crippen molar-refractivity contribution in [3.63, 3.8) is 0 Å². The first-order valence-electron chi connectivity index (χ1n) is 7.38. The minimum atomic E-state index is -0.324. The highest BCUT2D eigenvalue weighted by molar-refractivity contribution is 5.91. The first-order valence-corrected chi connectivity index (χ1v) is 7.38. The largest absolute Gasteiger partial charge is 0.508 e. The van der Waals surface area contributed by atoms with Crippen LogP contribution in [0.3, 0.4) is 0 Å². The number of hydrogen-bond donors (Lipinski definition) is 2. The number of aliphatic hydroxyl groups excluding tert-OH is 1. The summed E-state index contributed by atoms with van der Waals surface area (Å²) in [5.74, 6) is 0.395. The van der Waals surface area contributed by atoms with Crippen LogP contribution in [0.15, 0.2) is 47.1 Å². The van der Waals surface area contributed by atoms with Gasteiger partial charge in [0.05, 0.1) is 6.26 Å². The van der Waals surface area contributed by atoms with Gasteiger partial charge in [0.25, 0.3) is 5.91 Å². The number of likely N-dealkylation sites (tertiary alicyclic amines) is 1. The molecule has 116 valence electrons. The molecule has 0 aliphatic carbocycles. The van der Waals surface area contributed by atoms with Gasteiger partial charge >= 0.3 is 0 Å². The van der Waals surface area contributed by atoms with Crippen molar-refractivity contribution in [2.45, 2.75) is 18.3 Å². The molecular formula is C17H19NO4. The van der Waals surface area contributed by atoms with Gasteiger partial charge in [-0.15, -0.1) is 0 Å². The molecular weight excluding hydrogens is 282 g/mol. The van der Waals surface area contributed by atoms with E-state index in [2.05, 4.69) is 0 Å². The van der Waals surface area contributed by atoms with Gasteiger partial charge in [-0.1, -0.05) is 12.1 Å². The SMILES string of the molecule is O=C(c1ccco1)N1CCC(CCO)(c2cccc(O)c2)C1. The van der Waals surface area contributed by atoms with Crippen LogP contribution in [0.1, 0.15) is 29.0 Å². The van der Waals surface area contributed by atoms with E-state index in [0.717, 1.165) is 12.0 Å². The maximum absolute atomic E-state index is 12.4. The average molecular weight is 301 g/mol.